The maximum absolute atomic E-state index is 4.91. The summed E-state index contributed by atoms with van der Waals surface area (Å²) in [6.45, 7) is 3.63. The third-order valence-corrected chi connectivity index (χ3v) is 1.03. The van der Waals surface area contributed by atoms with Crippen molar-refractivity contribution in [1.82, 2.24) is 5.32 Å². The molecule has 0 bridgehead atoms. The number of oxime groups is 1. The first-order valence-corrected chi connectivity index (χ1v) is 3.70. The van der Waals surface area contributed by atoms with Crippen LogP contribution < -0.4 is 5.32 Å². The Labute approximate surface area is 62.4 Å². The molecule has 0 radical (unpaired) electrons. The van der Waals surface area contributed by atoms with Gasteiger partial charge in [-0.25, -0.2) is 0 Å². The molecule has 0 saturated heterocycles. The highest BCUT2D eigenvalue weighted by Crippen LogP contribution is 1.86. The summed E-state index contributed by atoms with van der Waals surface area (Å²) in [4.78, 5) is 4.91. The van der Waals surface area contributed by atoms with Crippen LogP contribution in [-0.2, 0) is 4.84 Å². The Bertz CT molecular complexity index is 83.7. The third kappa shape index (κ3) is 7.43. The van der Waals surface area contributed by atoms with Crippen LogP contribution in [0.5, 0.6) is 0 Å². The van der Waals surface area contributed by atoms with Gasteiger partial charge in [0.2, 0.25) is 0 Å². The lowest BCUT2D eigenvalue weighted by Gasteiger charge is -1.94. The van der Waals surface area contributed by atoms with Crippen LogP contribution in [-0.4, -0.2) is 26.4 Å². The zero-order chi connectivity index (χ0) is 7.66. The number of rotatable bonds is 6. The number of hydrogen-bond donors (Lipinski definition) is 1. The Morgan fingerprint density at radius 1 is 1.60 bits per heavy atom. The summed E-state index contributed by atoms with van der Waals surface area (Å²) in [6.07, 6.45) is 3.95. The van der Waals surface area contributed by atoms with Crippen molar-refractivity contribution in [3.8, 4) is 0 Å². The first kappa shape index (κ1) is 9.43. The highest BCUT2D eigenvalue weighted by Gasteiger charge is 1.79. The van der Waals surface area contributed by atoms with Gasteiger partial charge in [0.25, 0.3) is 0 Å². The molecule has 0 unspecified atom stereocenters. The fraction of sp³-hybridized carbons (Fsp3) is 0.857. The summed E-state index contributed by atoms with van der Waals surface area (Å²) in [5, 5.41) is 6.64. The van der Waals surface area contributed by atoms with Crippen LogP contribution in [0.2, 0.25) is 0 Å². The quantitative estimate of drug-likeness (QED) is 0.343. The summed E-state index contributed by atoms with van der Waals surface area (Å²) < 4.78 is 0. The molecule has 1 N–H and O–H groups in total. The van der Waals surface area contributed by atoms with Gasteiger partial charge in [-0.15, -0.1) is 0 Å². The van der Waals surface area contributed by atoms with Gasteiger partial charge in [-0.2, -0.15) is 0 Å². The highest BCUT2D eigenvalue weighted by atomic mass is 16.6. The standard InChI is InChI=1S/C7H16N2O/c1-3-4-7-10-9-6-5-8-2/h6,8H,3-5,7H2,1-2H3/b9-6-. The molecular weight excluding hydrogens is 128 g/mol. The zero-order valence-corrected chi connectivity index (χ0v) is 6.76. The SMILES string of the molecule is CCCCO/N=C\CNC. The highest BCUT2D eigenvalue weighted by molar-refractivity contribution is 5.58. The molecular formula is C7H16N2O. The molecule has 0 aliphatic heterocycles. The lowest BCUT2D eigenvalue weighted by molar-refractivity contribution is 0.142. The predicted octanol–water partition coefficient (Wildman–Crippen LogP) is 1.01. The minimum Gasteiger partial charge on any atom is -0.396 e. The van der Waals surface area contributed by atoms with Gasteiger partial charge in [-0.05, 0) is 13.5 Å². The average molecular weight is 144 g/mol. The summed E-state index contributed by atoms with van der Waals surface area (Å²) in [6, 6.07) is 0. The van der Waals surface area contributed by atoms with E-state index < -0.39 is 0 Å². The van der Waals surface area contributed by atoms with E-state index in [0.29, 0.717) is 0 Å². The lowest BCUT2D eigenvalue weighted by atomic mass is 10.4. The van der Waals surface area contributed by atoms with Crippen LogP contribution in [0.3, 0.4) is 0 Å². The van der Waals surface area contributed by atoms with E-state index in [1.807, 2.05) is 7.05 Å². The molecule has 0 heterocycles. The maximum atomic E-state index is 4.91. The molecule has 3 heteroatoms. The second kappa shape index (κ2) is 8.43. The van der Waals surface area contributed by atoms with Gasteiger partial charge in [0.15, 0.2) is 0 Å². The Balaban J connectivity index is 2.88. The van der Waals surface area contributed by atoms with Crippen molar-refractivity contribution in [2.75, 3.05) is 20.2 Å². The topological polar surface area (TPSA) is 33.6 Å². The third-order valence-electron chi connectivity index (χ3n) is 1.03. The molecule has 0 fully saturated rings. The van der Waals surface area contributed by atoms with Crippen LogP contribution in [0, 0.1) is 0 Å². The van der Waals surface area contributed by atoms with E-state index in [1.54, 1.807) is 6.21 Å². The average Bonchev–Trinajstić information content (AvgIpc) is 1.97. The van der Waals surface area contributed by atoms with Gasteiger partial charge in [0.05, 0.1) is 6.21 Å². The van der Waals surface area contributed by atoms with E-state index in [4.69, 9.17) is 4.84 Å². The molecule has 10 heavy (non-hydrogen) atoms. The smallest absolute Gasteiger partial charge is 0.117 e. The van der Waals surface area contributed by atoms with Gasteiger partial charge >= 0.3 is 0 Å². The van der Waals surface area contributed by atoms with Crippen LogP contribution in [0.1, 0.15) is 19.8 Å². The first-order valence-electron chi connectivity index (χ1n) is 3.70. The van der Waals surface area contributed by atoms with E-state index in [9.17, 15) is 0 Å². The van der Waals surface area contributed by atoms with Crippen molar-refractivity contribution in [3.63, 3.8) is 0 Å². The largest absolute Gasteiger partial charge is 0.396 e. The molecule has 0 amide bonds. The van der Waals surface area contributed by atoms with Crippen molar-refractivity contribution in [2.24, 2.45) is 5.16 Å². The zero-order valence-electron chi connectivity index (χ0n) is 6.76. The number of nitrogens with one attached hydrogen (secondary N) is 1. The molecule has 0 aliphatic rings. The monoisotopic (exact) mass is 144 g/mol. The normalized spacial score (nSPS) is 10.6. The number of hydrogen-bond acceptors (Lipinski definition) is 3. The minimum atomic E-state index is 0.733. The molecule has 0 aromatic heterocycles. The first-order chi connectivity index (χ1) is 4.91. The predicted molar refractivity (Wildman–Crippen MR) is 43.3 cm³/mol. The number of nitrogens with zero attached hydrogens (tertiary/aromatic N) is 1. The van der Waals surface area contributed by atoms with Crippen LogP contribution in [0.25, 0.3) is 0 Å². The summed E-state index contributed by atoms with van der Waals surface area (Å²) in [5.74, 6) is 0. The van der Waals surface area contributed by atoms with E-state index in [0.717, 1.165) is 26.0 Å². The second-order valence-corrected chi connectivity index (χ2v) is 2.03. The van der Waals surface area contributed by atoms with E-state index >= 15 is 0 Å². The Morgan fingerprint density at radius 3 is 3.00 bits per heavy atom. The molecule has 0 aromatic carbocycles. The van der Waals surface area contributed by atoms with Crippen LogP contribution in [0.4, 0.5) is 0 Å². The van der Waals surface area contributed by atoms with Crippen molar-refractivity contribution in [3.05, 3.63) is 0 Å². The second-order valence-electron chi connectivity index (χ2n) is 2.03. The van der Waals surface area contributed by atoms with Gasteiger partial charge in [-0.1, -0.05) is 18.5 Å². The minimum absolute atomic E-state index is 0.733. The van der Waals surface area contributed by atoms with Gasteiger partial charge in [-0.3, -0.25) is 0 Å². The summed E-state index contributed by atoms with van der Waals surface area (Å²) in [5.41, 5.74) is 0. The fourth-order valence-corrected chi connectivity index (χ4v) is 0.443. The molecule has 0 spiro atoms. The van der Waals surface area contributed by atoms with Crippen molar-refractivity contribution < 1.29 is 4.84 Å². The summed E-state index contributed by atoms with van der Waals surface area (Å²) >= 11 is 0. The van der Waals surface area contributed by atoms with E-state index in [2.05, 4.69) is 17.4 Å². The Kier molecular flexibility index (Phi) is 7.95. The molecule has 0 aromatic rings. The van der Waals surface area contributed by atoms with Crippen molar-refractivity contribution >= 4 is 6.21 Å². The van der Waals surface area contributed by atoms with E-state index in [-0.39, 0.29) is 0 Å². The Morgan fingerprint density at radius 2 is 2.40 bits per heavy atom. The maximum Gasteiger partial charge on any atom is 0.117 e. The molecule has 60 valence electrons. The molecule has 0 rings (SSSR count). The Hall–Kier alpha value is -0.570. The van der Waals surface area contributed by atoms with Gasteiger partial charge in [0, 0.05) is 6.54 Å². The summed E-state index contributed by atoms with van der Waals surface area (Å²) in [7, 11) is 1.87. The fourth-order valence-electron chi connectivity index (χ4n) is 0.443. The van der Waals surface area contributed by atoms with Crippen molar-refractivity contribution in [2.45, 2.75) is 19.8 Å². The van der Waals surface area contributed by atoms with Gasteiger partial charge < -0.3 is 10.2 Å². The van der Waals surface area contributed by atoms with E-state index in [1.165, 1.54) is 0 Å². The number of unbranched alkanes of at least 4 members (excludes halogenated alkanes) is 1. The van der Waals surface area contributed by atoms with Crippen LogP contribution in [0.15, 0.2) is 5.16 Å². The molecule has 0 aliphatic carbocycles. The van der Waals surface area contributed by atoms with Gasteiger partial charge in [0.1, 0.15) is 6.61 Å². The van der Waals surface area contributed by atoms with Crippen LogP contribution >= 0.6 is 0 Å². The lowest BCUT2D eigenvalue weighted by Crippen LogP contribution is -2.08. The molecule has 0 saturated carbocycles. The molecule has 0 atom stereocenters. The van der Waals surface area contributed by atoms with Crippen molar-refractivity contribution in [1.29, 1.82) is 0 Å². The molecule has 3 nitrogen and oxygen atoms in total.